The molecule has 1 aliphatic rings. The molecular formula is C13H17NO3. The molecule has 0 radical (unpaired) electrons. The van der Waals surface area contributed by atoms with E-state index in [1.165, 1.54) is 12.7 Å². The highest BCUT2D eigenvalue weighted by atomic mass is 16.5. The Morgan fingerprint density at radius 2 is 2.12 bits per heavy atom. The molecule has 2 rings (SSSR count). The molecule has 0 atom stereocenters. The lowest BCUT2D eigenvalue weighted by atomic mass is 9.89. The zero-order valence-corrected chi connectivity index (χ0v) is 9.90. The molecule has 1 heterocycles. The molecule has 1 aromatic rings. The summed E-state index contributed by atoms with van der Waals surface area (Å²) in [5, 5.41) is 12.3. The second-order valence-corrected chi connectivity index (χ2v) is 4.29. The zero-order chi connectivity index (χ0) is 12.3. The first kappa shape index (κ1) is 11.9. The minimum absolute atomic E-state index is 0.227. The maximum Gasteiger partial charge on any atom is 0.339 e. The molecule has 0 aromatic heterocycles. The lowest BCUT2D eigenvalue weighted by Gasteiger charge is -2.23. The number of benzene rings is 1. The molecule has 1 saturated heterocycles. The van der Waals surface area contributed by atoms with Crippen molar-refractivity contribution in [1.29, 1.82) is 0 Å². The smallest absolute Gasteiger partial charge is 0.339 e. The number of aromatic carboxylic acids is 1. The number of hydrogen-bond donors (Lipinski definition) is 2. The van der Waals surface area contributed by atoms with E-state index in [2.05, 4.69) is 5.32 Å². The summed E-state index contributed by atoms with van der Waals surface area (Å²) in [6.07, 6.45) is 2.19. The summed E-state index contributed by atoms with van der Waals surface area (Å²) >= 11 is 0. The van der Waals surface area contributed by atoms with Gasteiger partial charge in [0, 0.05) is 0 Å². The highest BCUT2D eigenvalue weighted by Gasteiger charge is 2.18. The van der Waals surface area contributed by atoms with E-state index >= 15 is 0 Å². The lowest BCUT2D eigenvalue weighted by Crippen LogP contribution is -2.26. The number of hydrogen-bond acceptors (Lipinski definition) is 3. The number of ether oxygens (including phenoxy) is 1. The van der Waals surface area contributed by atoms with Crippen LogP contribution in [0.25, 0.3) is 0 Å². The van der Waals surface area contributed by atoms with Crippen LogP contribution >= 0.6 is 0 Å². The third-order valence-corrected chi connectivity index (χ3v) is 3.27. The monoisotopic (exact) mass is 235 g/mol. The van der Waals surface area contributed by atoms with E-state index < -0.39 is 5.97 Å². The van der Waals surface area contributed by atoms with Gasteiger partial charge in [0.25, 0.3) is 0 Å². The maximum absolute atomic E-state index is 11.0. The van der Waals surface area contributed by atoms with Crippen LogP contribution in [0.15, 0.2) is 18.2 Å². The Morgan fingerprint density at radius 3 is 2.71 bits per heavy atom. The number of piperidine rings is 1. The Kier molecular flexibility index (Phi) is 3.64. The first-order chi connectivity index (χ1) is 8.22. The van der Waals surface area contributed by atoms with Crippen molar-refractivity contribution in [3.05, 3.63) is 29.3 Å². The molecule has 4 heteroatoms. The lowest BCUT2D eigenvalue weighted by molar-refractivity contribution is 0.0693. The topological polar surface area (TPSA) is 58.6 Å². The quantitative estimate of drug-likeness (QED) is 0.839. The van der Waals surface area contributed by atoms with Crippen molar-refractivity contribution in [3.8, 4) is 5.75 Å². The van der Waals surface area contributed by atoms with Gasteiger partial charge in [-0.15, -0.1) is 0 Å². The largest absolute Gasteiger partial charge is 0.496 e. The Balaban J connectivity index is 2.27. The van der Waals surface area contributed by atoms with E-state index in [0.29, 0.717) is 11.7 Å². The average molecular weight is 235 g/mol. The number of carboxylic acids is 1. The molecule has 1 aromatic carbocycles. The minimum atomic E-state index is -0.946. The summed E-state index contributed by atoms with van der Waals surface area (Å²) in [6.45, 7) is 2.04. The number of methoxy groups -OCH3 is 1. The molecule has 2 N–H and O–H groups in total. The van der Waals surface area contributed by atoms with Gasteiger partial charge in [-0.05, 0) is 49.5 Å². The number of rotatable bonds is 3. The number of carbonyl (C=O) groups is 1. The molecule has 0 aliphatic carbocycles. The zero-order valence-electron chi connectivity index (χ0n) is 9.90. The van der Waals surface area contributed by atoms with Gasteiger partial charge in [-0.25, -0.2) is 4.79 Å². The van der Waals surface area contributed by atoms with Crippen molar-refractivity contribution >= 4 is 5.97 Å². The molecule has 0 bridgehead atoms. The second kappa shape index (κ2) is 5.19. The fourth-order valence-electron chi connectivity index (χ4n) is 2.29. The summed E-state index contributed by atoms with van der Waals surface area (Å²) in [6, 6.07) is 5.40. The van der Waals surface area contributed by atoms with Gasteiger partial charge in [0.05, 0.1) is 7.11 Å². The van der Waals surface area contributed by atoms with Crippen molar-refractivity contribution < 1.29 is 14.6 Å². The van der Waals surface area contributed by atoms with Crippen LogP contribution in [0.1, 0.15) is 34.7 Å². The molecule has 0 amide bonds. The number of carboxylic acid groups (broad SMARTS) is 1. The van der Waals surface area contributed by atoms with Crippen LogP contribution in [0.4, 0.5) is 0 Å². The van der Waals surface area contributed by atoms with E-state index in [0.717, 1.165) is 25.9 Å². The van der Waals surface area contributed by atoms with Gasteiger partial charge < -0.3 is 15.2 Å². The predicted octanol–water partition coefficient (Wildman–Crippen LogP) is 1.86. The van der Waals surface area contributed by atoms with E-state index in [-0.39, 0.29) is 5.56 Å². The van der Waals surface area contributed by atoms with Crippen LogP contribution in [0.3, 0.4) is 0 Å². The van der Waals surface area contributed by atoms with Crippen LogP contribution in [0.2, 0.25) is 0 Å². The van der Waals surface area contributed by atoms with E-state index in [9.17, 15) is 4.79 Å². The van der Waals surface area contributed by atoms with Crippen LogP contribution in [0.5, 0.6) is 5.75 Å². The molecule has 0 saturated carbocycles. The number of nitrogens with one attached hydrogen (secondary N) is 1. The Morgan fingerprint density at radius 1 is 1.41 bits per heavy atom. The third-order valence-electron chi connectivity index (χ3n) is 3.27. The van der Waals surface area contributed by atoms with Gasteiger partial charge in [-0.2, -0.15) is 0 Å². The third kappa shape index (κ3) is 2.58. The normalized spacial score (nSPS) is 16.8. The highest BCUT2D eigenvalue weighted by Crippen LogP contribution is 2.29. The maximum atomic E-state index is 11.0. The van der Waals surface area contributed by atoms with Crippen molar-refractivity contribution in [2.75, 3.05) is 20.2 Å². The van der Waals surface area contributed by atoms with E-state index in [1.54, 1.807) is 6.07 Å². The van der Waals surface area contributed by atoms with E-state index in [4.69, 9.17) is 9.84 Å². The van der Waals surface area contributed by atoms with E-state index in [1.807, 2.05) is 12.1 Å². The van der Waals surface area contributed by atoms with Crippen LogP contribution < -0.4 is 10.1 Å². The molecular weight excluding hydrogens is 218 g/mol. The molecule has 17 heavy (non-hydrogen) atoms. The summed E-state index contributed by atoms with van der Waals surface area (Å²) in [7, 11) is 1.51. The molecule has 0 spiro atoms. The van der Waals surface area contributed by atoms with Crippen LogP contribution in [0, 0.1) is 0 Å². The van der Waals surface area contributed by atoms with Crippen molar-refractivity contribution in [2.45, 2.75) is 18.8 Å². The molecule has 1 aliphatic heterocycles. The average Bonchev–Trinajstić information content (AvgIpc) is 2.39. The minimum Gasteiger partial charge on any atom is -0.496 e. The van der Waals surface area contributed by atoms with Crippen LogP contribution in [-0.2, 0) is 0 Å². The first-order valence-corrected chi connectivity index (χ1v) is 5.84. The fourth-order valence-corrected chi connectivity index (χ4v) is 2.29. The molecule has 92 valence electrons. The van der Waals surface area contributed by atoms with Gasteiger partial charge in [-0.3, -0.25) is 0 Å². The summed E-state index contributed by atoms with van der Waals surface area (Å²) in [5.41, 5.74) is 1.40. The van der Waals surface area contributed by atoms with Crippen molar-refractivity contribution in [1.82, 2.24) is 5.32 Å². The van der Waals surface area contributed by atoms with Gasteiger partial charge in [0.1, 0.15) is 11.3 Å². The molecule has 1 fully saturated rings. The Labute approximate surface area is 101 Å². The summed E-state index contributed by atoms with van der Waals surface area (Å²) < 4.78 is 5.14. The molecule has 4 nitrogen and oxygen atoms in total. The Hall–Kier alpha value is -1.55. The molecule has 0 unspecified atom stereocenters. The standard InChI is InChI=1S/C13H17NO3/c1-17-12-8-10(2-3-11(12)13(15)16)9-4-6-14-7-5-9/h2-3,8-9,14H,4-7H2,1H3,(H,15,16). The van der Waals surface area contributed by atoms with Crippen molar-refractivity contribution in [3.63, 3.8) is 0 Å². The van der Waals surface area contributed by atoms with Gasteiger partial charge in [-0.1, -0.05) is 6.07 Å². The van der Waals surface area contributed by atoms with Crippen LogP contribution in [-0.4, -0.2) is 31.3 Å². The fraction of sp³-hybridized carbons (Fsp3) is 0.462. The van der Waals surface area contributed by atoms with Gasteiger partial charge >= 0.3 is 5.97 Å². The first-order valence-electron chi connectivity index (χ1n) is 5.84. The van der Waals surface area contributed by atoms with Gasteiger partial charge in [0.15, 0.2) is 0 Å². The van der Waals surface area contributed by atoms with Gasteiger partial charge in [0.2, 0.25) is 0 Å². The Bertz CT molecular complexity index is 411. The predicted molar refractivity (Wildman–Crippen MR) is 64.8 cm³/mol. The van der Waals surface area contributed by atoms with Crippen molar-refractivity contribution in [2.24, 2.45) is 0 Å². The summed E-state index contributed by atoms with van der Waals surface area (Å²) in [4.78, 5) is 11.0. The highest BCUT2D eigenvalue weighted by molar-refractivity contribution is 5.91. The summed E-state index contributed by atoms with van der Waals surface area (Å²) in [5.74, 6) is 0.0141. The SMILES string of the molecule is COc1cc(C2CCNCC2)ccc1C(=O)O. The second-order valence-electron chi connectivity index (χ2n) is 4.29.